The lowest BCUT2D eigenvalue weighted by Gasteiger charge is -2.37. The first-order valence-electron chi connectivity index (χ1n) is 15.5. The van der Waals surface area contributed by atoms with Crippen LogP contribution >= 0.6 is 0 Å². The van der Waals surface area contributed by atoms with E-state index in [9.17, 15) is 26.3 Å². The Labute approximate surface area is 249 Å². The van der Waals surface area contributed by atoms with Gasteiger partial charge in [-0.15, -0.1) is 0 Å². The summed E-state index contributed by atoms with van der Waals surface area (Å²) in [5.74, 6) is -5.65. The molecule has 3 fully saturated rings. The van der Waals surface area contributed by atoms with Crippen LogP contribution in [0.4, 0.5) is 26.3 Å². The van der Waals surface area contributed by atoms with Crippen LogP contribution in [0.3, 0.4) is 0 Å². The molecule has 0 bridgehead atoms. The molecule has 2 aliphatic carbocycles. The molecule has 0 N–H and O–H groups in total. The van der Waals surface area contributed by atoms with Crippen LogP contribution in [0.5, 0.6) is 5.75 Å². The van der Waals surface area contributed by atoms with Crippen LogP contribution in [0.25, 0.3) is 0 Å². The maximum absolute atomic E-state index is 15.0. The molecule has 0 radical (unpaired) electrons. The van der Waals surface area contributed by atoms with Gasteiger partial charge in [0.1, 0.15) is 11.6 Å². The Morgan fingerprint density at radius 1 is 0.837 bits per heavy atom. The van der Waals surface area contributed by atoms with Gasteiger partial charge in [-0.3, -0.25) is 0 Å². The number of alkyl halides is 2. The predicted octanol–water partition coefficient (Wildman–Crippen LogP) is 9.49. The van der Waals surface area contributed by atoms with Crippen LogP contribution in [0.15, 0.2) is 42.5 Å². The van der Waals surface area contributed by atoms with Crippen molar-refractivity contribution >= 4 is 0 Å². The highest BCUT2D eigenvalue weighted by atomic mass is 19.3. The molecule has 0 amide bonds. The van der Waals surface area contributed by atoms with Gasteiger partial charge in [0.25, 0.3) is 0 Å². The molecule has 2 aromatic carbocycles. The average molecular weight is 611 g/mol. The first kappa shape index (κ1) is 31.9. The normalized spacial score (nSPS) is 28.7. The quantitative estimate of drug-likeness (QED) is 0.161. The van der Waals surface area contributed by atoms with Gasteiger partial charge in [0.05, 0.1) is 19.1 Å². The van der Waals surface area contributed by atoms with E-state index >= 15 is 0 Å². The highest BCUT2D eigenvalue weighted by molar-refractivity contribution is 5.28. The Bertz CT molecular complexity index is 1220. The average Bonchev–Trinajstić information content (AvgIpc) is 2.99. The van der Waals surface area contributed by atoms with Crippen molar-refractivity contribution in [1.82, 2.24) is 0 Å². The summed E-state index contributed by atoms with van der Waals surface area (Å²) in [6.07, 6.45) is 6.81. The van der Waals surface area contributed by atoms with E-state index in [0.29, 0.717) is 61.1 Å². The molecule has 2 aromatic rings. The molecule has 5 rings (SSSR count). The van der Waals surface area contributed by atoms with Gasteiger partial charge in [-0.05, 0) is 93.2 Å². The number of aryl methyl sites for hydroxylation is 1. The fourth-order valence-electron chi connectivity index (χ4n) is 6.64. The Kier molecular flexibility index (Phi) is 10.4. The summed E-state index contributed by atoms with van der Waals surface area (Å²) in [7, 11) is 0. The zero-order valence-electron chi connectivity index (χ0n) is 24.5. The topological polar surface area (TPSA) is 27.7 Å². The highest BCUT2D eigenvalue weighted by Gasteiger charge is 2.44. The molecule has 3 aliphatic rings. The Hall–Kier alpha value is -2.52. The maximum atomic E-state index is 15.0. The lowest BCUT2D eigenvalue weighted by Crippen LogP contribution is -2.37. The second-order valence-corrected chi connectivity index (χ2v) is 12.5. The van der Waals surface area contributed by atoms with Gasteiger partial charge >= 0.3 is 6.11 Å². The van der Waals surface area contributed by atoms with Gasteiger partial charge in [0, 0.05) is 24.0 Å². The van der Waals surface area contributed by atoms with Gasteiger partial charge in [-0.2, -0.15) is 8.78 Å². The first-order valence-corrected chi connectivity index (χ1v) is 15.5. The summed E-state index contributed by atoms with van der Waals surface area (Å²) < 4.78 is 100. The van der Waals surface area contributed by atoms with Crippen LogP contribution < -0.4 is 4.74 Å². The number of hydrogen-bond donors (Lipinski definition) is 0. The molecule has 2 saturated carbocycles. The molecule has 0 aromatic heterocycles. The van der Waals surface area contributed by atoms with E-state index in [4.69, 9.17) is 9.47 Å². The van der Waals surface area contributed by atoms with Crippen LogP contribution in [-0.2, 0) is 15.9 Å². The number of halogens is 6. The van der Waals surface area contributed by atoms with Crippen molar-refractivity contribution < 1.29 is 40.6 Å². The number of allylic oxidation sites excluding steroid dienone is 2. The predicted molar refractivity (Wildman–Crippen MR) is 151 cm³/mol. The SMILES string of the molecule is CC1COC(C2CCC(c3ccc(CC/C=C/C4CCC(C(F)(F)Oc5cc(F)c(F)c(F)c5)CC4)c(F)c3)CC2)OC1. The Balaban J connectivity index is 1.04. The maximum Gasteiger partial charge on any atom is 0.400 e. The van der Waals surface area contributed by atoms with Crippen LogP contribution in [-0.4, -0.2) is 25.6 Å². The van der Waals surface area contributed by atoms with Gasteiger partial charge in [0.2, 0.25) is 0 Å². The van der Waals surface area contributed by atoms with Crippen LogP contribution in [0.2, 0.25) is 0 Å². The van der Waals surface area contributed by atoms with Gasteiger partial charge in [-0.25, -0.2) is 17.6 Å². The molecule has 9 heteroatoms. The van der Waals surface area contributed by atoms with E-state index in [1.54, 1.807) is 6.07 Å². The van der Waals surface area contributed by atoms with Crippen molar-refractivity contribution in [2.75, 3.05) is 13.2 Å². The van der Waals surface area contributed by atoms with E-state index in [1.165, 1.54) is 0 Å². The monoisotopic (exact) mass is 610 g/mol. The van der Waals surface area contributed by atoms with Crippen LogP contribution in [0.1, 0.15) is 81.8 Å². The first-order chi connectivity index (χ1) is 20.6. The minimum atomic E-state index is -3.63. The summed E-state index contributed by atoms with van der Waals surface area (Å²) in [6.45, 7) is 3.61. The van der Waals surface area contributed by atoms with Crippen molar-refractivity contribution in [2.24, 2.45) is 23.7 Å². The summed E-state index contributed by atoms with van der Waals surface area (Å²) in [5.41, 5.74) is 1.70. The second-order valence-electron chi connectivity index (χ2n) is 12.5. The number of hydrogen-bond acceptors (Lipinski definition) is 3. The third kappa shape index (κ3) is 8.15. The highest BCUT2D eigenvalue weighted by Crippen LogP contribution is 2.41. The minimum Gasteiger partial charge on any atom is -0.432 e. The molecule has 0 atom stereocenters. The van der Waals surface area contributed by atoms with Gasteiger partial charge in [0.15, 0.2) is 23.7 Å². The molecule has 0 unspecified atom stereocenters. The summed E-state index contributed by atoms with van der Waals surface area (Å²) in [6, 6.07) is 6.45. The van der Waals surface area contributed by atoms with Crippen molar-refractivity contribution in [3.05, 3.63) is 76.9 Å². The van der Waals surface area contributed by atoms with Crippen LogP contribution in [0, 0.1) is 46.9 Å². The molecule has 236 valence electrons. The van der Waals surface area contributed by atoms with Gasteiger partial charge in [-0.1, -0.05) is 31.2 Å². The zero-order valence-corrected chi connectivity index (χ0v) is 24.5. The summed E-state index contributed by atoms with van der Waals surface area (Å²) in [4.78, 5) is 0. The lowest BCUT2D eigenvalue weighted by molar-refractivity contribution is -0.226. The molecule has 43 heavy (non-hydrogen) atoms. The van der Waals surface area contributed by atoms with Crippen molar-refractivity contribution in [2.45, 2.75) is 89.4 Å². The largest absolute Gasteiger partial charge is 0.432 e. The Morgan fingerprint density at radius 3 is 2.12 bits per heavy atom. The van der Waals surface area contributed by atoms with E-state index in [2.05, 4.69) is 11.7 Å². The fraction of sp³-hybridized carbons (Fsp3) is 0.588. The molecule has 1 heterocycles. The smallest absolute Gasteiger partial charge is 0.400 e. The van der Waals surface area contributed by atoms with E-state index in [0.717, 1.165) is 44.5 Å². The zero-order chi connectivity index (χ0) is 30.6. The number of rotatable bonds is 9. The lowest BCUT2D eigenvalue weighted by atomic mass is 9.78. The summed E-state index contributed by atoms with van der Waals surface area (Å²) >= 11 is 0. The molecular formula is C34H40F6O3. The summed E-state index contributed by atoms with van der Waals surface area (Å²) in [5, 5.41) is 0. The van der Waals surface area contributed by atoms with Crippen molar-refractivity contribution in [3.8, 4) is 5.75 Å². The fourth-order valence-corrected chi connectivity index (χ4v) is 6.64. The van der Waals surface area contributed by atoms with E-state index in [-0.39, 0.29) is 30.9 Å². The van der Waals surface area contributed by atoms with Crippen molar-refractivity contribution in [1.29, 1.82) is 0 Å². The number of benzene rings is 2. The minimum absolute atomic E-state index is 0.110. The molecule has 1 aliphatic heterocycles. The molecule has 1 saturated heterocycles. The van der Waals surface area contributed by atoms with E-state index in [1.807, 2.05) is 24.3 Å². The molecule has 3 nitrogen and oxygen atoms in total. The molecular weight excluding hydrogens is 570 g/mol. The van der Waals surface area contributed by atoms with Gasteiger partial charge < -0.3 is 14.2 Å². The number of ether oxygens (including phenoxy) is 3. The van der Waals surface area contributed by atoms with E-state index < -0.39 is 35.2 Å². The molecule has 0 spiro atoms. The van der Waals surface area contributed by atoms with Crippen molar-refractivity contribution in [3.63, 3.8) is 0 Å². The third-order valence-electron chi connectivity index (χ3n) is 9.24. The second kappa shape index (κ2) is 14.1. The Morgan fingerprint density at radius 2 is 1.49 bits per heavy atom. The standard InChI is InChI=1S/C34H40F6O3/c1-21-19-41-33(42-20-21)25-11-8-23(9-12-25)26-13-10-24(29(35)16-26)5-3-2-4-22-6-14-27(15-7-22)34(39,40)43-28-17-30(36)32(38)31(37)18-28/h2,4,10,13,16-18,21-23,25,27,33H,3,5-9,11-12,14-15,19-20H2,1H3/b4-2+. The third-order valence-corrected chi connectivity index (χ3v) is 9.24.